The summed E-state index contributed by atoms with van der Waals surface area (Å²) in [6, 6.07) is 10.1. The highest BCUT2D eigenvalue weighted by Gasteiger charge is 2.22. The molecule has 1 aromatic carbocycles. The molecule has 0 aliphatic carbocycles. The Labute approximate surface area is 110 Å². The van der Waals surface area contributed by atoms with E-state index < -0.39 is 0 Å². The van der Waals surface area contributed by atoms with Crippen molar-refractivity contribution < 1.29 is 0 Å². The lowest BCUT2D eigenvalue weighted by Gasteiger charge is -2.09. The van der Waals surface area contributed by atoms with Gasteiger partial charge in [0.2, 0.25) is 0 Å². The van der Waals surface area contributed by atoms with Crippen molar-refractivity contribution in [3.63, 3.8) is 0 Å². The molecule has 2 heterocycles. The fourth-order valence-corrected chi connectivity index (χ4v) is 3.51. The van der Waals surface area contributed by atoms with Crippen LogP contribution in [-0.4, -0.2) is 15.0 Å². The molecule has 0 radical (unpaired) electrons. The average molecular weight is 258 g/mol. The van der Waals surface area contributed by atoms with Gasteiger partial charge in [0, 0.05) is 16.2 Å². The molecule has 3 nitrogen and oxygen atoms in total. The molecule has 1 atom stereocenters. The summed E-state index contributed by atoms with van der Waals surface area (Å²) in [4.78, 5) is 13.1. The van der Waals surface area contributed by atoms with Crippen LogP contribution in [0.3, 0.4) is 0 Å². The van der Waals surface area contributed by atoms with E-state index in [-0.39, 0.29) is 5.56 Å². The molecule has 0 bridgehead atoms. The van der Waals surface area contributed by atoms with Crippen LogP contribution in [0.5, 0.6) is 0 Å². The molecule has 0 fully saturated rings. The van der Waals surface area contributed by atoms with Crippen LogP contribution in [0.4, 0.5) is 0 Å². The summed E-state index contributed by atoms with van der Waals surface area (Å²) in [6.45, 7) is 2.57. The normalized spacial score (nSPS) is 17.7. The summed E-state index contributed by atoms with van der Waals surface area (Å²) in [5.74, 6) is 0. The Morgan fingerprint density at radius 3 is 3.06 bits per heavy atom. The second-order valence-corrected chi connectivity index (χ2v) is 5.95. The number of thioether (sulfide) groups is 1. The smallest absolute Gasteiger partial charge is 0.267 e. The molecule has 1 unspecified atom stereocenters. The lowest BCUT2D eigenvalue weighted by molar-refractivity contribution is 0.560. The molecule has 92 valence electrons. The minimum Gasteiger partial charge on any atom is -0.268 e. The van der Waals surface area contributed by atoms with Gasteiger partial charge < -0.3 is 0 Å². The van der Waals surface area contributed by atoms with Gasteiger partial charge >= 0.3 is 0 Å². The van der Waals surface area contributed by atoms with E-state index in [2.05, 4.69) is 29.4 Å². The SMILES string of the molecule is Cc1cnn(CC2Cc3ccccc3S2)c(=O)c1. The van der Waals surface area contributed by atoms with Crippen LogP contribution in [0.2, 0.25) is 0 Å². The van der Waals surface area contributed by atoms with Crippen LogP contribution in [0.1, 0.15) is 11.1 Å². The zero-order chi connectivity index (χ0) is 12.5. The third-order valence-corrected chi connectivity index (χ3v) is 4.40. The van der Waals surface area contributed by atoms with Gasteiger partial charge in [0.15, 0.2) is 0 Å². The molecule has 18 heavy (non-hydrogen) atoms. The Balaban J connectivity index is 1.78. The van der Waals surface area contributed by atoms with E-state index in [1.165, 1.54) is 10.5 Å². The van der Waals surface area contributed by atoms with E-state index in [0.29, 0.717) is 11.8 Å². The molecule has 0 amide bonds. The van der Waals surface area contributed by atoms with E-state index in [0.717, 1.165) is 12.0 Å². The lowest BCUT2D eigenvalue weighted by Crippen LogP contribution is -2.27. The summed E-state index contributed by atoms with van der Waals surface area (Å²) >= 11 is 1.84. The largest absolute Gasteiger partial charge is 0.268 e. The third kappa shape index (κ3) is 2.20. The first-order chi connectivity index (χ1) is 8.72. The predicted octanol–water partition coefficient (Wildman–Crippen LogP) is 2.27. The van der Waals surface area contributed by atoms with E-state index >= 15 is 0 Å². The maximum atomic E-state index is 11.8. The second-order valence-electron chi connectivity index (χ2n) is 4.60. The summed E-state index contributed by atoms with van der Waals surface area (Å²) in [5, 5.41) is 4.61. The fourth-order valence-electron chi connectivity index (χ4n) is 2.21. The summed E-state index contributed by atoms with van der Waals surface area (Å²) in [5.41, 5.74) is 2.29. The first-order valence-electron chi connectivity index (χ1n) is 6.01. The minimum absolute atomic E-state index is 0.00782. The van der Waals surface area contributed by atoms with E-state index in [4.69, 9.17) is 0 Å². The zero-order valence-corrected chi connectivity index (χ0v) is 11.0. The van der Waals surface area contributed by atoms with E-state index in [1.807, 2.05) is 18.7 Å². The van der Waals surface area contributed by atoms with Crippen molar-refractivity contribution >= 4 is 11.8 Å². The molecule has 0 saturated carbocycles. The maximum absolute atomic E-state index is 11.8. The average Bonchev–Trinajstić information content (AvgIpc) is 2.75. The molecule has 1 aliphatic rings. The molecule has 4 heteroatoms. The van der Waals surface area contributed by atoms with Crippen molar-refractivity contribution in [1.82, 2.24) is 9.78 Å². The molecule has 0 spiro atoms. The standard InChI is InChI=1S/C14H14N2OS/c1-10-6-14(17)16(15-8-10)9-12-7-11-4-2-3-5-13(11)18-12/h2-6,8,12H,7,9H2,1H3. The number of hydrogen-bond donors (Lipinski definition) is 0. The highest BCUT2D eigenvalue weighted by atomic mass is 32.2. The van der Waals surface area contributed by atoms with Crippen LogP contribution in [-0.2, 0) is 13.0 Å². The van der Waals surface area contributed by atoms with Crippen molar-refractivity contribution in [3.8, 4) is 0 Å². The third-order valence-electron chi connectivity index (χ3n) is 3.10. The number of benzene rings is 1. The van der Waals surface area contributed by atoms with Gasteiger partial charge in [-0.15, -0.1) is 11.8 Å². The fraction of sp³-hybridized carbons (Fsp3) is 0.286. The summed E-state index contributed by atoms with van der Waals surface area (Å²) in [6.07, 6.45) is 2.76. The molecule has 1 aliphatic heterocycles. The molecular formula is C14H14N2OS. The van der Waals surface area contributed by atoms with Gasteiger partial charge in [-0.05, 0) is 30.5 Å². The number of fused-ring (bicyclic) bond motifs is 1. The van der Waals surface area contributed by atoms with Crippen molar-refractivity contribution in [2.75, 3.05) is 0 Å². The van der Waals surface area contributed by atoms with E-state index in [9.17, 15) is 4.79 Å². The Bertz CT molecular complexity index is 611. The van der Waals surface area contributed by atoms with Crippen LogP contribution in [0.15, 0.2) is 46.2 Å². The highest BCUT2D eigenvalue weighted by Crippen LogP contribution is 2.37. The predicted molar refractivity (Wildman–Crippen MR) is 73.0 cm³/mol. The van der Waals surface area contributed by atoms with Crippen molar-refractivity contribution in [2.45, 2.75) is 30.0 Å². The van der Waals surface area contributed by atoms with Crippen LogP contribution >= 0.6 is 11.8 Å². The molecular weight excluding hydrogens is 244 g/mol. The second kappa shape index (κ2) is 4.61. The van der Waals surface area contributed by atoms with Gasteiger partial charge in [-0.2, -0.15) is 5.10 Å². The summed E-state index contributed by atoms with van der Waals surface area (Å²) in [7, 11) is 0. The van der Waals surface area contributed by atoms with Gasteiger partial charge in [0.05, 0.1) is 12.7 Å². The molecule has 0 saturated heterocycles. The van der Waals surface area contributed by atoms with Gasteiger partial charge in [-0.25, -0.2) is 4.68 Å². The summed E-state index contributed by atoms with van der Waals surface area (Å²) < 4.78 is 1.57. The monoisotopic (exact) mass is 258 g/mol. The molecule has 2 aromatic rings. The Morgan fingerprint density at radius 1 is 1.44 bits per heavy atom. The minimum atomic E-state index is -0.00782. The Hall–Kier alpha value is -1.55. The Kier molecular flexibility index (Phi) is 2.96. The number of aromatic nitrogens is 2. The number of hydrogen-bond acceptors (Lipinski definition) is 3. The highest BCUT2D eigenvalue weighted by molar-refractivity contribution is 8.00. The number of nitrogens with zero attached hydrogens (tertiary/aromatic N) is 2. The zero-order valence-electron chi connectivity index (χ0n) is 10.2. The van der Waals surface area contributed by atoms with E-state index in [1.54, 1.807) is 16.9 Å². The van der Waals surface area contributed by atoms with Gasteiger partial charge in [0.25, 0.3) is 5.56 Å². The topological polar surface area (TPSA) is 34.9 Å². The van der Waals surface area contributed by atoms with Crippen LogP contribution in [0, 0.1) is 6.92 Å². The first kappa shape index (κ1) is 11.5. The molecule has 3 rings (SSSR count). The van der Waals surface area contributed by atoms with Gasteiger partial charge in [-0.3, -0.25) is 4.79 Å². The van der Waals surface area contributed by atoms with Crippen LogP contribution < -0.4 is 5.56 Å². The van der Waals surface area contributed by atoms with Gasteiger partial charge in [-0.1, -0.05) is 18.2 Å². The quantitative estimate of drug-likeness (QED) is 0.829. The van der Waals surface area contributed by atoms with Crippen molar-refractivity contribution in [3.05, 3.63) is 58.0 Å². The number of aryl methyl sites for hydroxylation is 1. The number of rotatable bonds is 2. The van der Waals surface area contributed by atoms with Crippen molar-refractivity contribution in [2.24, 2.45) is 0 Å². The van der Waals surface area contributed by atoms with Crippen LogP contribution in [0.25, 0.3) is 0 Å². The Morgan fingerprint density at radius 2 is 2.28 bits per heavy atom. The molecule has 0 N–H and O–H groups in total. The lowest BCUT2D eigenvalue weighted by atomic mass is 10.1. The molecule has 1 aromatic heterocycles. The first-order valence-corrected chi connectivity index (χ1v) is 6.89. The van der Waals surface area contributed by atoms with Crippen molar-refractivity contribution in [1.29, 1.82) is 0 Å². The maximum Gasteiger partial charge on any atom is 0.267 e. The van der Waals surface area contributed by atoms with Gasteiger partial charge in [0.1, 0.15) is 0 Å².